The van der Waals surface area contributed by atoms with Crippen molar-refractivity contribution < 1.29 is 30.0 Å². The van der Waals surface area contributed by atoms with Gasteiger partial charge in [0.1, 0.15) is 27.8 Å². The molecule has 0 saturated heterocycles. The van der Waals surface area contributed by atoms with E-state index in [0.29, 0.717) is 0 Å². The zero-order valence-electron chi connectivity index (χ0n) is 30.0. The quantitative estimate of drug-likeness (QED) is 0.108. The summed E-state index contributed by atoms with van der Waals surface area (Å²) in [6.45, 7) is 11.1. The van der Waals surface area contributed by atoms with Crippen LogP contribution in [0.15, 0.2) is 133 Å². The van der Waals surface area contributed by atoms with E-state index in [1.54, 1.807) is 9.59 Å². The first-order valence-corrected chi connectivity index (χ1v) is 16.8. The van der Waals surface area contributed by atoms with Crippen LogP contribution in [0.4, 0.5) is 0 Å². The van der Waals surface area contributed by atoms with Gasteiger partial charge in [0.05, 0.1) is 0 Å². The second-order valence-corrected chi connectivity index (χ2v) is 14.2. The summed E-state index contributed by atoms with van der Waals surface area (Å²) in [7, 11) is 0. The Hall–Kier alpha value is -5.50. The molecule has 52 heavy (non-hydrogen) atoms. The van der Waals surface area contributed by atoms with Crippen LogP contribution in [0.5, 0.6) is 0 Å². The molecule has 0 atom stereocenters. The number of rotatable bonds is 3. The smallest absolute Gasteiger partial charge is 0.164 e. The van der Waals surface area contributed by atoms with E-state index in [9.17, 15) is 9.90 Å². The first-order valence-electron chi connectivity index (χ1n) is 16.8. The molecule has 2 heterocycles. The van der Waals surface area contributed by atoms with E-state index in [2.05, 4.69) is 56.8 Å². The molecular weight excluding hydrogens is 825 g/mol. The van der Waals surface area contributed by atoms with Gasteiger partial charge in [0.15, 0.2) is 5.78 Å². The van der Waals surface area contributed by atoms with Crippen molar-refractivity contribution in [3.05, 3.63) is 145 Å². The Kier molecular flexibility index (Phi) is 11.5. The van der Waals surface area contributed by atoms with Gasteiger partial charge >= 0.3 is 0 Å². The third-order valence-corrected chi connectivity index (χ3v) is 8.15. The van der Waals surface area contributed by atoms with Gasteiger partial charge in [-0.15, -0.1) is 33.7 Å². The zero-order valence-corrected chi connectivity index (χ0v) is 32.4. The third-order valence-electron chi connectivity index (χ3n) is 8.15. The number of aliphatic hydroxyl groups excluding tert-OH is 1. The molecule has 2 aromatic heterocycles. The van der Waals surface area contributed by atoms with Crippen LogP contribution in [-0.2, 0) is 24.9 Å². The Balaban J connectivity index is 0.000000153. The number of carbonyl (C=O) groups excluding carboxylic acids is 1. The first-order chi connectivity index (χ1) is 24.4. The molecule has 0 amide bonds. The molecule has 0 bridgehead atoms. The minimum Gasteiger partial charge on any atom is -0.512 e. The van der Waals surface area contributed by atoms with Crippen LogP contribution >= 0.6 is 0 Å². The minimum absolute atomic E-state index is 0. The maximum Gasteiger partial charge on any atom is 0.164 e. The second kappa shape index (κ2) is 15.8. The number of nitrogens with zero attached hydrogens (tertiary/aromatic N) is 6. The summed E-state index contributed by atoms with van der Waals surface area (Å²) in [6, 6.07) is 46.4. The van der Waals surface area contributed by atoms with Crippen molar-refractivity contribution >= 4 is 49.4 Å². The van der Waals surface area contributed by atoms with Crippen molar-refractivity contribution in [3.63, 3.8) is 0 Å². The number of aliphatic hydroxyl groups is 1. The Morgan fingerprint density at radius 1 is 0.558 bits per heavy atom. The largest absolute Gasteiger partial charge is 0.512 e. The Labute approximate surface area is 317 Å². The van der Waals surface area contributed by atoms with Crippen LogP contribution in [-0.4, -0.2) is 40.9 Å². The number of hydrogen-bond donors (Lipinski definition) is 1. The molecule has 9 heteroatoms. The van der Waals surface area contributed by atoms with Gasteiger partial charge in [0, 0.05) is 37.0 Å². The van der Waals surface area contributed by atoms with Crippen molar-refractivity contribution in [1.29, 1.82) is 0 Å². The normalized spacial score (nSPS) is 11.8. The number of allylic oxidation sites excluding steroid dienone is 2. The van der Waals surface area contributed by atoms with Gasteiger partial charge in [-0.05, 0) is 35.6 Å². The van der Waals surface area contributed by atoms with Gasteiger partial charge < -0.3 is 5.11 Å². The van der Waals surface area contributed by atoms with Crippen LogP contribution in [0.1, 0.15) is 41.5 Å². The predicted octanol–water partition coefficient (Wildman–Crippen LogP) is 9.83. The number of hydrogen-bond acceptors (Lipinski definition) is 6. The molecule has 0 fully saturated rings. The molecule has 8 rings (SSSR count). The van der Waals surface area contributed by atoms with Crippen molar-refractivity contribution in [1.82, 2.24) is 30.0 Å². The maximum atomic E-state index is 11.5. The standard InChI is InChI=1S/2C16H10N3.C11H20O2.Ir/c2*1-2-8-13-12(6-1)7-5-11-16(13)19-17-14-9-3-4-10-15(14)18-19;1-10(2,3)8(12)7-9(13)11(4,5)6;/h2*1-10H;7,12H,1-6H3;/q2*-1;;. The maximum absolute atomic E-state index is 11.5. The fourth-order valence-corrected chi connectivity index (χ4v) is 5.10. The van der Waals surface area contributed by atoms with Gasteiger partial charge in [-0.2, -0.15) is 66.4 Å². The molecular formula is C43H40IrN6O2-2. The summed E-state index contributed by atoms with van der Waals surface area (Å²) in [5, 5.41) is 32.1. The number of ketones is 1. The number of benzene rings is 6. The second-order valence-electron chi connectivity index (χ2n) is 14.2. The van der Waals surface area contributed by atoms with Crippen molar-refractivity contribution in [3.8, 4) is 11.4 Å². The third kappa shape index (κ3) is 8.68. The molecule has 0 spiro atoms. The van der Waals surface area contributed by atoms with Crippen molar-refractivity contribution in [2.24, 2.45) is 10.8 Å². The van der Waals surface area contributed by atoms with E-state index in [-0.39, 0.29) is 37.1 Å². The molecule has 0 aliphatic carbocycles. The molecule has 0 aliphatic heterocycles. The summed E-state index contributed by atoms with van der Waals surface area (Å²) >= 11 is 0. The van der Waals surface area contributed by atoms with E-state index >= 15 is 0 Å². The molecule has 1 radical (unpaired) electrons. The summed E-state index contributed by atoms with van der Waals surface area (Å²) < 4.78 is 0. The van der Waals surface area contributed by atoms with Gasteiger partial charge in [-0.3, -0.25) is 4.79 Å². The Bertz CT molecular complexity index is 2280. The fourth-order valence-electron chi connectivity index (χ4n) is 5.10. The van der Waals surface area contributed by atoms with Gasteiger partial charge in [-0.25, -0.2) is 0 Å². The van der Waals surface area contributed by atoms with Crippen LogP contribution in [0.25, 0.3) is 55.0 Å². The minimum atomic E-state index is -0.417. The Morgan fingerprint density at radius 3 is 1.25 bits per heavy atom. The van der Waals surface area contributed by atoms with Gasteiger partial charge in [0.2, 0.25) is 0 Å². The van der Waals surface area contributed by atoms with E-state index in [0.717, 1.165) is 55.0 Å². The van der Waals surface area contributed by atoms with Gasteiger partial charge in [-0.1, -0.05) is 102 Å². The van der Waals surface area contributed by atoms with Crippen molar-refractivity contribution in [2.75, 3.05) is 0 Å². The monoisotopic (exact) mass is 865 g/mol. The van der Waals surface area contributed by atoms with Crippen LogP contribution in [0, 0.1) is 23.0 Å². The van der Waals surface area contributed by atoms with Crippen LogP contribution in [0.2, 0.25) is 0 Å². The number of aromatic nitrogens is 6. The van der Waals surface area contributed by atoms with Crippen molar-refractivity contribution in [2.45, 2.75) is 41.5 Å². The van der Waals surface area contributed by atoms with Crippen LogP contribution < -0.4 is 0 Å². The molecule has 0 saturated carbocycles. The summed E-state index contributed by atoms with van der Waals surface area (Å²) in [4.78, 5) is 14.8. The molecule has 0 unspecified atom stereocenters. The summed E-state index contributed by atoms with van der Waals surface area (Å²) in [6.07, 6.45) is 1.33. The van der Waals surface area contributed by atoms with Gasteiger partial charge in [0.25, 0.3) is 0 Å². The predicted molar refractivity (Wildman–Crippen MR) is 205 cm³/mol. The molecule has 8 nitrogen and oxygen atoms in total. The first kappa shape index (κ1) is 37.7. The zero-order chi connectivity index (χ0) is 36.2. The number of fused-ring (bicyclic) bond motifs is 4. The van der Waals surface area contributed by atoms with E-state index < -0.39 is 5.41 Å². The molecule has 6 aromatic carbocycles. The fraction of sp³-hybridized carbons (Fsp3) is 0.186. The average molecular weight is 865 g/mol. The van der Waals surface area contributed by atoms with E-state index in [1.807, 2.05) is 139 Å². The topological polar surface area (TPSA) is 98.7 Å². The summed E-state index contributed by atoms with van der Waals surface area (Å²) in [5.41, 5.74) is 4.57. The summed E-state index contributed by atoms with van der Waals surface area (Å²) in [5.74, 6) is 0.104. The van der Waals surface area contributed by atoms with E-state index in [1.165, 1.54) is 6.08 Å². The molecule has 1 N–H and O–H groups in total. The number of carbonyl (C=O) groups is 1. The molecule has 8 aromatic rings. The van der Waals surface area contributed by atoms with E-state index in [4.69, 9.17) is 0 Å². The molecule has 0 aliphatic rings. The average Bonchev–Trinajstić information content (AvgIpc) is 3.76. The Morgan fingerprint density at radius 2 is 0.904 bits per heavy atom. The molecule has 265 valence electrons. The SMILES string of the molecule is CC(C)(C)C(=O)C=C(O)C(C)(C)C.[Ir].[c-]1ccc2ccccc2c1-n1nc2ccccc2n1.[c-]1ccc2ccccc2c1-n1nc2ccccc2n1. The van der Waals surface area contributed by atoms with Crippen LogP contribution in [0.3, 0.4) is 0 Å².